The molecule has 6 fully saturated rings. The molecule has 8 heteroatoms. The maximum Gasteiger partial charge on any atom is 0.316 e. The Balaban J connectivity index is 1.59. The summed E-state index contributed by atoms with van der Waals surface area (Å²) in [6.45, 7) is 5.36. The van der Waals surface area contributed by atoms with E-state index in [-0.39, 0.29) is 12.2 Å². The molecule has 2 saturated heterocycles. The van der Waals surface area contributed by atoms with Crippen LogP contribution in [0.15, 0.2) is 12.2 Å². The van der Waals surface area contributed by atoms with E-state index >= 15 is 0 Å². The van der Waals surface area contributed by atoms with Gasteiger partial charge in [0.25, 0.3) is 0 Å². The topological polar surface area (TPSA) is 126 Å². The van der Waals surface area contributed by atoms with Crippen molar-refractivity contribution in [3.05, 3.63) is 12.2 Å². The SMILES string of the molecule is C=C1C[C@]23C[C@@]1(O)CC[C@H]2[C@@]12OC(=O)[C@](C)([C@H]1[C@@H]3C(=O)OCC#N)[C@H]1O[C@H]1C2=O. The highest BCUT2D eigenvalue weighted by molar-refractivity contribution is 6.05. The number of nitriles is 1. The van der Waals surface area contributed by atoms with Crippen molar-refractivity contribution in [1.29, 1.82) is 5.26 Å². The summed E-state index contributed by atoms with van der Waals surface area (Å²) in [5.41, 5.74) is -3.81. The minimum Gasteiger partial charge on any atom is -0.450 e. The number of Topliss-reactive ketones (excluding diaryl/α,β-unsaturated/α-hetero) is 1. The summed E-state index contributed by atoms with van der Waals surface area (Å²) in [6, 6.07) is 1.80. The van der Waals surface area contributed by atoms with E-state index in [0.29, 0.717) is 24.8 Å². The number of aliphatic hydroxyl groups is 1. The third kappa shape index (κ3) is 1.59. The number of hydrogen-bond acceptors (Lipinski definition) is 8. The summed E-state index contributed by atoms with van der Waals surface area (Å²) in [7, 11) is 0. The van der Waals surface area contributed by atoms with Gasteiger partial charge in [0.2, 0.25) is 5.78 Å². The minimum absolute atomic E-state index is 0.265. The molecule has 152 valence electrons. The van der Waals surface area contributed by atoms with E-state index in [1.807, 2.05) is 0 Å². The Morgan fingerprint density at radius 2 is 2.21 bits per heavy atom. The highest BCUT2D eigenvalue weighted by atomic mass is 16.6. The first kappa shape index (κ1) is 17.6. The van der Waals surface area contributed by atoms with E-state index < -0.39 is 70.5 Å². The number of ketones is 1. The van der Waals surface area contributed by atoms with Crippen molar-refractivity contribution in [2.45, 2.75) is 56.0 Å². The summed E-state index contributed by atoms with van der Waals surface area (Å²) < 4.78 is 16.8. The lowest BCUT2D eigenvalue weighted by Crippen LogP contribution is -2.57. The van der Waals surface area contributed by atoms with E-state index in [0.717, 1.165) is 0 Å². The molecule has 29 heavy (non-hydrogen) atoms. The highest BCUT2D eigenvalue weighted by Gasteiger charge is 2.91. The summed E-state index contributed by atoms with van der Waals surface area (Å²) in [6.07, 6.45) is 0.221. The van der Waals surface area contributed by atoms with Crippen LogP contribution in [0.3, 0.4) is 0 Å². The summed E-state index contributed by atoms with van der Waals surface area (Å²) in [4.78, 5) is 39.8. The first-order valence-electron chi connectivity index (χ1n) is 10.0. The maximum absolute atomic E-state index is 13.5. The van der Waals surface area contributed by atoms with Gasteiger partial charge < -0.3 is 19.3 Å². The molecule has 0 radical (unpaired) electrons. The van der Waals surface area contributed by atoms with E-state index in [9.17, 15) is 19.5 Å². The zero-order valence-electron chi connectivity index (χ0n) is 16.0. The molecule has 0 amide bonds. The molecule has 0 unspecified atom stereocenters. The Labute approximate surface area is 166 Å². The average Bonchev–Trinajstić information content (AvgIpc) is 3.36. The molecule has 4 aliphatic carbocycles. The molecule has 4 bridgehead atoms. The van der Waals surface area contributed by atoms with Crippen LogP contribution in [0.2, 0.25) is 0 Å². The van der Waals surface area contributed by atoms with Gasteiger partial charge in [-0.05, 0) is 43.6 Å². The van der Waals surface area contributed by atoms with Crippen molar-refractivity contribution in [3.8, 4) is 6.07 Å². The van der Waals surface area contributed by atoms with Crippen molar-refractivity contribution in [2.75, 3.05) is 6.61 Å². The van der Waals surface area contributed by atoms with Crippen LogP contribution < -0.4 is 0 Å². The number of rotatable bonds is 2. The third-order valence-electron chi connectivity index (χ3n) is 8.90. The van der Waals surface area contributed by atoms with E-state index in [1.165, 1.54) is 0 Å². The van der Waals surface area contributed by atoms with Gasteiger partial charge in [0, 0.05) is 11.8 Å². The van der Waals surface area contributed by atoms with Gasteiger partial charge in [-0.15, -0.1) is 0 Å². The van der Waals surface area contributed by atoms with E-state index in [4.69, 9.17) is 19.5 Å². The second-order valence-corrected chi connectivity index (χ2v) is 9.84. The Morgan fingerprint density at radius 3 is 2.93 bits per heavy atom. The highest BCUT2D eigenvalue weighted by Crippen LogP contribution is 2.79. The number of nitrogens with zero attached hydrogens (tertiary/aromatic N) is 1. The summed E-state index contributed by atoms with van der Waals surface area (Å²) in [5, 5.41) is 20.0. The van der Waals surface area contributed by atoms with Gasteiger partial charge in [0.1, 0.15) is 23.7 Å². The van der Waals surface area contributed by atoms with Crippen molar-refractivity contribution >= 4 is 17.7 Å². The molecule has 1 N–H and O–H groups in total. The second-order valence-electron chi connectivity index (χ2n) is 9.84. The molecule has 2 heterocycles. The smallest absolute Gasteiger partial charge is 0.316 e. The molecule has 8 nitrogen and oxygen atoms in total. The maximum atomic E-state index is 13.5. The van der Waals surface area contributed by atoms with Gasteiger partial charge in [-0.2, -0.15) is 5.26 Å². The molecule has 9 atom stereocenters. The largest absolute Gasteiger partial charge is 0.450 e. The van der Waals surface area contributed by atoms with Gasteiger partial charge in [0.05, 0.1) is 11.5 Å². The summed E-state index contributed by atoms with van der Waals surface area (Å²) in [5.74, 6) is -3.38. The van der Waals surface area contributed by atoms with Crippen LogP contribution >= 0.6 is 0 Å². The van der Waals surface area contributed by atoms with Crippen LogP contribution in [0.4, 0.5) is 0 Å². The number of epoxide rings is 1. The first-order valence-corrected chi connectivity index (χ1v) is 10.0. The number of carbonyl (C=O) groups is 3. The number of ether oxygens (including phenoxy) is 3. The Morgan fingerprint density at radius 1 is 1.45 bits per heavy atom. The number of fused-ring (bicyclic) bond motifs is 3. The number of esters is 2. The van der Waals surface area contributed by atoms with Crippen LogP contribution in [0.5, 0.6) is 0 Å². The van der Waals surface area contributed by atoms with Gasteiger partial charge in [-0.3, -0.25) is 14.4 Å². The lowest BCUT2D eigenvalue weighted by atomic mass is 9.60. The van der Waals surface area contributed by atoms with Gasteiger partial charge in [0.15, 0.2) is 12.2 Å². The van der Waals surface area contributed by atoms with E-state index in [2.05, 4.69) is 6.58 Å². The average molecular weight is 399 g/mol. The molecule has 0 aromatic rings. The Bertz CT molecular complexity index is 969. The van der Waals surface area contributed by atoms with Crippen molar-refractivity contribution in [2.24, 2.45) is 28.6 Å². The van der Waals surface area contributed by atoms with Crippen LogP contribution in [0.1, 0.15) is 32.6 Å². The second kappa shape index (κ2) is 4.73. The lowest BCUT2D eigenvalue weighted by Gasteiger charge is -2.44. The molecule has 6 rings (SSSR count). The Hall–Kier alpha value is -2.24. The predicted molar refractivity (Wildman–Crippen MR) is 92.6 cm³/mol. The number of hydrogen-bond donors (Lipinski definition) is 1. The number of carbonyl (C=O) groups excluding carboxylic acids is 3. The van der Waals surface area contributed by atoms with Gasteiger partial charge >= 0.3 is 11.9 Å². The summed E-state index contributed by atoms with van der Waals surface area (Å²) >= 11 is 0. The zero-order valence-corrected chi connectivity index (χ0v) is 16.0. The molecular formula is C21H21NO7. The van der Waals surface area contributed by atoms with Crippen LogP contribution in [-0.2, 0) is 28.6 Å². The fourth-order valence-electron chi connectivity index (χ4n) is 7.89. The molecule has 4 saturated carbocycles. The molecular weight excluding hydrogens is 378 g/mol. The van der Waals surface area contributed by atoms with Crippen molar-refractivity contribution in [3.63, 3.8) is 0 Å². The molecule has 0 aromatic carbocycles. The minimum atomic E-state index is -1.44. The molecule has 6 aliphatic rings. The first-order chi connectivity index (χ1) is 13.7. The van der Waals surface area contributed by atoms with Crippen molar-refractivity contribution < 1.29 is 33.7 Å². The quantitative estimate of drug-likeness (QED) is 0.402. The monoisotopic (exact) mass is 399 g/mol. The molecule has 1 spiro atoms. The predicted octanol–water partition coefficient (Wildman–Crippen LogP) is 0.429. The molecule has 0 aromatic heterocycles. The van der Waals surface area contributed by atoms with Crippen LogP contribution in [0, 0.1) is 39.9 Å². The fraction of sp³-hybridized carbons (Fsp3) is 0.714. The third-order valence-corrected chi connectivity index (χ3v) is 8.90. The normalized spacial score (nSPS) is 55.5. The van der Waals surface area contributed by atoms with Gasteiger partial charge in [-0.1, -0.05) is 6.58 Å². The van der Waals surface area contributed by atoms with Crippen LogP contribution in [0.25, 0.3) is 0 Å². The van der Waals surface area contributed by atoms with Gasteiger partial charge in [-0.25, -0.2) is 0 Å². The zero-order chi connectivity index (χ0) is 20.6. The van der Waals surface area contributed by atoms with Crippen LogP contribution in [-0.4, -0.2) is 52.8 Å². The molecule has 2 aliphatic heterocycles. The lowest BCUT2D eigenvalue weighted by molar-refractivity contribution is -0.171. The van der Waals surface area contributed by atoms with E-state index in [1.54, 1.807) is 13.0 Å². The fourth-order valence-corrected chi connectivity index (χ4v) is 7.89. The Kier molecular flexibility index (Phi) is 2.87. The van der Waals surface area contributed by atoms with Crippen molar-refractivity contribution in [1.82, 2.24) is 0 Å². The standard InChI is InChI=1S/C21H21NO7/c1-9-7-19-8-20(9,26)4-3-10(19)21-13(11(19)16(24)27-6-5-22)18(2,17(25)29-21)15-12(28-15)14(21)23/h10-13,15,26H,1,3-4,6-8H2,2H3/t10-,11-,12+,13-,15+,18-,19+,20+,21-/m1/s1.